The van der Waals surface area contributed by atoms with Gasteiger partial charge in [0.2, 0.25) is 0 Å². The third-order valence-corrected chi connectivity index (χ3v) is 2.53. The molecule has 1 aromatic rings. The minimum atomic E-state index is 0.00394. The van der Waals surface area contributed by atoms with E-state index in [1.807, 2.05) is 24.3 Å². The van der Waals surface area contributed by atoms with Gasteiger partial charge in [-0.2, -0.15) is 0 Å². The lowest BCUT2D eigenvalue weighted by Crippen LogP contribution is -2.10. The lowest BCUT2D eigenvalue weighted by molar-refractivity contribution is 0.0618. The molecule has 0 aromatic heterocycles. The number of hydrogen-bond donors (Lipinski definition) is 1. The van der Waals surface area contributed by atoms with Gasteiger partial charge >= 0.3 is 0 Å². The summed E-state index contributed by atoms with van der Waals surface area (Å²) in [6.07, 6.45) is 3.32. The Bertz CT molecular complexity index is 319. The van der Waals surface area contributed by atoms with Gasteiger partial charge < -0.3 is 14.6 Å². The topological polar surface area (TPSA) is 38.7 Å². The van der Waals surface area contributed by atoms with Gasteiger partial charge in [-0.15, -0.1) is 6.58 Å². The third kappa shape index (κ3) is 5.02. The first kappa shape index (κ1) is 13.7. The third-order valence-electron chi connectivity index (χ3n) is 2.53. The van der Waals surface area contributed by atoms with Crippen molar-refractivity contribution in [1.82, 2.24) is 0 Å². The van der Waals surface area contributed by atoms with Crippen LogP contribution in [0.3, 0.4) is 0 Å². The van der Waals surface area contributed by atoms with Gasteiger partial charge in [-0.3, -0.25) is 0 Å². The van der Waals surface area contributed by atoms with Gasteiger partial charge in [0.05, 0.1) is 19.8 Å². The second-order valence-corrected chi connectivity index (χ2v) is 3.80. The highest BCUT2D eigenvalue weighted by molar-refractivity contribution is 5.26. The van der Waals surface area contributed by atoms with E-state index in [1.54, 1.807) is 13.2 Å². The summed E-state index contributed by atoms with van der Waals surface area (Å²) in [5, 5.41) is 8.75. The summed E-state index contributed by atoms with van der Waals surface area (Å²) in [7, 11) is 1.65. The second-order valence-electron chi connectivity index (χ2n) is 3.80. The monoisotopic (exact) mass is 236 g/mol. The summed E-state index contributed by atoms with van der Waals surface area (Å²) in [6.45, 7) is 4.47. The zero-order valence-electron chi connectivity index (χ0n) is 10.3. The Labute approximate surface area is 103 Å². The Balaban J connectivity index is 2.39. The molecule has 0 bridgehead atoms. The van der Waals surface area contributed by atoms with Crippen molar-refractivity contribution >= 4 is 0 Å². The number of aliphatic hydroxyl groups is 1. The van der Waals surface area contributed by atoms with E-state index in [-0.39, 0.29) is 12.7 Å². The van der Waals surface area contributed by atoms with Crippen LogP contribution in [0.1, 0.15) is 18.4 Å². The van der Waals surface area contributed by atoms with E-state index < -0.39 is 0 Å². The van der Waals surface area contributed by atoms with Crippen molar-refractivity contribution < 1.29 is 14.6 Å². The lowest BCUT2D eigenvalue weighted by atomic mass is 10.2. The summed E-state index contributed by atoms with van der Waals surface area (Å²) in [5.74, 6) is 0.842. The molecule has 3 heteroatoms. The molecule has 3 nitrogen and oxygen atoms in total. The summed E-state index contributed by atoms with van der Waals surface area (Å²) >= 11 is 0. The van der Waals surface area contributed by atoms with Crippen LogP contribution in [0.25, 0.3) is 0 Å². The Hall–Kier alpha value is -1.32. The highest BCUT2D eigenvalue weighted by Crippen LogP contribution is 2.13. The van der Waals surface area contributed by atoms with Crippen molar-refractivity contribution in [2.45, 2.75) is 25.6 Å². The van der Waals surface area contributed by atoms with Crippen molar-refractivity contribution in [1.29, 1.82) is 0 Å². The minimum Gasteiger partial charge on any atom is -0.497 e. The predicted octanol–water partition coefficient (Wildman–Crippen LogP) is 2.54. The molecule has 0 aliphatic heterocycles. The first-order chi connectivity index (χ1) is 8.30. The van der Waals surface area contributed by atoms with Crippen molar-refractivity contribution in [3.8, 4) is 5.75 Å². The van der Waals surface area contributed by atoms with E-state index in [1.165, 1.54) is 0 Å². The Kier molecular flexibility index (Phi) is 6.37. The average Bonchev–Trinajstić information content (AvgIpc) is 2.39. The molecule has 0 heterocycles. The van der Waals surface area contributed by atoms with Crippen LogP contribution in [-0.2, 0) is 11.3 Å². The smallest absolute Gasteiger partial charge is 0.118 e. The fraction of sp³-hybridized carbons (Fsp3) is 0.429. The van der Waals surface area contributed by atoms with Crippen LogP contribution < -0.4 is 4.74 Å². The summed E-state index contributed by atoms with van der Waals surface area (Å²) in [5.41, 5.74) is 1.10. The standard InChI is InChI=1S/C14H20O3/c1-3-13(5-4-10-15)17-11-12-6-8-14(16-2)9-7-12/h3,6-9,13,15H,1,4-5,10-11H2,2H3/t13-/m1/s1. The van der Waals surface area contributed by atoms with Crippen molar-refractivity contribution in [2.24, 2.45) is 0 Å². The van der Waals surface area contributed by atoms with Gasteiger partial charge in [-0.25, -0.2) is 0 Å². The van der Waals surface area contributed by atoms with E-state index in [9.17, 15) is 0 Å². The Morgan fingerprint density at radius 2 is 2.06 bits per heavy atom. The summed E-state index contributed by atoms with van der Waals surface area (Å²) in [6, 6.07) is 7.78. The summed E-state index contributed by atoms with van der Waals surface area (Å²) in [4.78, 5) is 0. The fourth-order valence-electron chi connectivity index (χ4n) is 1.49. The zero-order valence-corrected chi connectivity index (χ0v) is 10.3. The maximum atomic E-state index is 8.75. The molecule has 0 saturated carbocycles. The quantitative estimate of drug-likeness (QED) is 0.705. The van der Waals surface area contributed by atoms with Crippen LogP contribution in [0.5, 0.6) is 5.75 Å². The molecule has 1 atom stereocenters. The van der Waals surface area contributed by atoms with Crippen molar-refractivity contribution in [3.05, 3.63) is 42.5 Å². The molecule has 1 rings (SSSR count). The first-order valence-electron chi connectivity index (χ1n) is 5.78. The molecule has 0 aliphatic carbocycles. The number of aliphatic hydroxyl groups excluding tert-OH is 1. The highest BCUT2D eigenvalue weighted by Gasteiger charge is 2.04. The van der Waals surface area contributed by atoms with Crippen molar-refractivity contribution in [2.75, 3.05) is 13.7 Å². The molecular weight excluding hydrogens is 216 g/mol. The largest absolute Gasteiger partial charge is 0.497 e. The molecule has 0 amide bonds. The molecule has 0 unspecified atom stereocenters. The number of ether oxygens (including phenoxy) is 2. The van der Waals surface area contributed by atoms with E-state index in [2.05, 4.69) is 6.58 Å². The molecule has 94 valence electrons. The molecule has 0 radical (unpaired) electrons. The predicted molar refractivity (Wildman–Crippen MR) is 68.1 cm³/mol. The van der Waals surface area contributed by atoms with Crippen LogP contribution >= 0.6 is 0 Å². The zero-order chi connectivity index (χ0) is 12.5. The van der Waals surface area contributed by atoms with E-state index >= 15 is 0 Å². The van der Waals surface area contributed by atoms with Crippen LogP contribution in [0, 0.1) is 0 Å². The van der Waals surface area contributed by atoms with Gasteiger partial charge in [0.1, 0.15) is 5.75 Å². The van der Waals surface area contributed by atoms with E-state index in [0.29, 0.717) is 6.61 Å². The SMILES string of the molecule is C=C[C@H](CCCO)OCc1ccc(OC)cc1. The maximum absolute atomic E-state index is 8.75. The highest BCUT2D eigenvalue weighted by atomic mass is 16.5. The fourth-order valence-corrected chi connectivity index (χ4v) is 1.49. The van der Waals surface area contributed by atoms with Crippen LogP contribution in [0.2, 0.25) is 0 Å². The number of rotatable bonds is 8. The minimum absolute atomic E-state index is 0.00394. The average molecular weight is 236 g/mol. The normalized spacial score (nSPS) is 12.1. The van der Waals surface area contributed by atoms with E-state index in [4.69, 9.17) is 14.6 Å². The van der Waals surface area contributed by atoms with Gasteiger partial charge in [0.25, 0.3) is 0 Å². The molecule has 0 saturated heterocycles. The molecular formula is C14H20O3. The molecule has 1 aromatic carbocycles. The number of hydrogen-bond acceptors (Lipinski definition) is 3. The van der Waals surface area contributed by atoms with Crippen molar-refractivity contribution in [3.63, 3.8) is 0 Å². The van der Waals surface area contributed by atoms with Gasteiger partial charge in [-0.1, -0.05) is 18.2 Å². The molecule has 0 spiro atoms. The maximum Gasteiger partial charge on any atom is 0.118 e. The van der Waals surface area contributed by atoms with Crippen LogP contribution in [0.15, 0.2) is 36.9 Å². The van der Waals surface area contributed by atoms with Gasteiger partial charge in [0.15, 0.2) is 0 Å². The summed E-state index contributed by atoms with van der Waals surface area (Å²) < 4.78 is 10.8. The van der Waals surface area contributed by atoms with Crippen LogP contribution in [-0.4, -0.2) is 24.9 Å². The second kappa shape index (κ2) is 7.87. The van der Waals surface area contributed by atoms with Gasteiger partial charge in [-0.05, 0) is 30.5 Å². The lowest BCUT2D eigenvalue weighted by Gasteiger charge is -2.13. The molecule has 0 fully saturated rings. The number of methoxy groups -OCH3 is 1. The Morgan fingerprint density at radius 1 is 1.35 bits per heavy atom. The molecule has 17 heavy (non-hydrogen) atoms. The molecule has 1 N–H and O–H groups in total. The van der Waals surface area contributed by atoms with Gasteiger partial charge in [0, 0.05) is 6.61 Å². The van der Waals surface area contributed by atoms with E-state index in [0.717, 1.165) is 24.2 Å². The first-order valence-corrected chi connectivity index (χ1v) is 5.78. The Morgan fingerprint density at radius 3 is 2.59 bits per heavy atom. The number of benzene rings is 1. The molecule has 0 aliphatic rings. The van der Waals surface area contributed by atoms with Crippen LogP contribution in [0.4, 0.5) is 0 Å².